The molecule has 1 atom stereocenters. The van der Waals surface area contributed by atoms with E-state index in [4.69, 9.17) is 0 Å². The Labute approximate surface area is 99.8 Å². The van der Waals surface area contributed by atoms with E-state index in [1.807, 2.05) is 13.8 Å². The average Bonchev–Trinajstić information content (AvgIpc) is 2.27. The molecule has 0 aliphatic carbocycles. The van der Waals surface area contributed by atoms with Crippen molar-refractivity contribution in [3.05, 3.63) is 0 Å². The molecule has 0 aromatic carbocycles. The Morgan fingerprint density at radius 1 is 1.44 bits per heavy atom. The molecule has 0 radical (unpaired) electrons. The van der Waals surface area contributed by atoms with Crippen molar-refractivity contribution in [3.63, 3.8) is 0 Å². The maximum Gasteiger partial charge on any atom is 0.239 e. The molecule has 0 bridgehead atoms. The molecule has 0 saturated heterocycles. The van der Waals surface area contributed by atoms with Crippen molar-refractivity contribution in [2.75, 3.05) is 27.2 Å². The van der Waals surface area contributed by atoms with Gasteiger partial charge in [0.1, 0.15) is 0 Å². The molecular weight excluding hydrogens is 202 g/mol. The number of nitrogens with one attached hydrogen (secondary N) is 2. The third-order valence-corrected chi connectivity index (χ3v) is 3.29. The molecule has 0 saturated carbocycles. The molecule has 2 N–H and O–H groups in total. The van der Waals surface area contributed by atoms with Crippen LogP contribution < -0.4 is 10.6 Å². The second-order valence-corrected chi connectivity index (χ2v) is 4.87. The van der Waals surface area contributed by atoms with E-state index in [0.29, 0.717) is 12.6 Å². The van der Waals surface area contributed by atoms with Crippen LogP contribution in [0.3, 0.4) is 0 Å². The van der Waals surface area contributed by atoms with Gasteiger partial charge in [0.15, 0.2) is 0 Å². The van der Waals surface area contributed by atoms with Gasteiger partial charge in [-0.1, -0.05) is 6.92 Å². The molecule has 0 heterocycles. The standard InChI is InChI=1S/C12H27N3O/c1-7-10(2)15(6)9-8-14-11(16)12(3,4)13-5/h10,13H,7-9H2,1-6H3,(H,14,16). The fourth-order valence-electron chi connectivity index (χ4n) is 1.21. The molecule has 0 aliphatic rings. The van der Waals surface area contributed by atoms with Crippen LogP contribution >= 0.6 is 0 Å². The molecule has 0 aromatic rings. The zero-order valence-corrected chi connectivity index (χ0v) is 11.6. The van der Waals surface area contributed by atoms with E-state index in [-0.39, 0.29) is 5.91 Å². The summed E-state index contributed by atoms with van der Waals surface area (Å²) in [6, 6.07) is 0.564. The number of likely N-dealkylation sites (N-methyl/N-ethyl adjacent to an activating group) is 2. The molecule has 0 rings (SSSR count). The summed E-state index contributed by atoms with van der Waals surface area (Å²) in [6.07, 6.45) is 1.13. The minimum absolute atomic E-state index is 0.0487. The van der Waals surface area contributed by atoms with Gasteiger partial charge in [-0.2, -0.15) is 0 Å². The van der Waals surface area contributed by atoms with Crippen molar-refractivity contribution >= 4 is 5.91 Å². The number of carbonyl (C=O) groups is 1. The van der Waals surface area contributed by atoms with Gasteiger partial charge in [0.05, 0.1) is 5.54 Å². The predicted molar refractivity (Wildman–Crippen MR) is 68.5 cm³/mol. The molecule has 0 aromatic heterocycles. The molecule has 0 aliphatic heterocycles. The maximum atomic E-state index is 11.7. The Balaban J connectivity index is 3.87. The van der Waals surface area contributed by atoms with Gasteiger partial charge in [-0.05, 0) is 41.3 Å². The van der Waals surface area contributed by atoms with Crippen LogP contribution in [0.4, 0.5) is 0 Å². The van der Waals surface area contributed by atoms with E-state index in [9.17, 15) is 4.79 Å². The summed E-state index contributed by atoms with van der Waals surface area (Å²) in [5.41, 5.74) is -0.491. The van der Waals surface area contributed by atoms with Crippen LogP contribution in [0.1, 0.15) is 34.1 Å². The molecule has 96 valence electrons. The zero-order chi connectivity index (χ0) is 12.8. The van der Waals surface area contributed by atoms with Gasteiger partial charge in [-0.15, -0.1) is 0 Å². The Kier molecular flexibility index (Phi) is 6.60. The number of nitrogens with zero attached hydrogens (tertiary/aromatic N) is 1. The van der Waals surface area contributed by atoms with Crippen LogP contribution in [0.2, 0.25) is 0 Å². The number of carbonyl (C=O) groups excluding carboxylic acids is 1. The molecule has 1 amide bonds. The average molecular weight is 229 g/mol. The van der Waals surface area contributed by atoms with Gasteiger partial charge in [0.25, 0.3) is 0 Å². The van der Waals surface area contributed by atoms with E-state index in [0.717, 1.165) is 13.0 Å². The fourth-order valence-corrected chi connectivity index (χ4v) is 1.21. The molecule has 4 heteroatoms. The monoisotopic (exact) mass is 229 g/mol. The molecular formula is C12H27N3O. The predicted octanol–water partition coefficient (Wildman–Crippen LogP) is 0.831. The smallest absolute Gasteiger partial charge is 0.239 e. The lowest BCUT2D eigenvalue weighted by molar-refractivity contribution is -0.126. The summed E-state index contributed by atoms with van der Waals surface area (Å²) < 4.78 is 0. The largest absolute Gasteiger partial charge is 0.353 e. The Morgan fingerprint density at radius 2 is 2.00 bits per heavy atom. The highest BCUT2D eigenvalue weighted by Crippen LogP contribution is 2.01. The molecule has 1 unspecified atom stereocenters. The number of amides is 1. The third kappa shape index (κ3) is 4.94. The van der Waals surface area contributed by atoms with Crippen LogP contribution in [0.5, 0.6) is 0 Å². The first-order chi connectivity index (χ1) is 7.35. The normalized spacial score (nSPS) is 13.9. The minimum atomic E-state index is -0.491. The summed E-state index contributed by atoms with van der Waals surface area (Å²) >= 11 is 0. The lowest BCUT2D eigenvalue weighted by Gasteiger charge is -2.26. The summed E-state index contributed by atoms with van der Waals surface area (Å²) in [7, 11) is 3.88. The van der Waals surface area contributed by atoms with Crippen molar-refractivity contribution in [1.29, 1.82) is 0 Å². The first-order valence-corrected chi connectivity index (χ1v) is 6.02. The van der Waals surface area contributed by atoms with Crippen molar-refractivity contribution < 1.29 is 4.79 Å². The van der Waals surface area contributed by atoms with Gasteiger partial charge >= 0.3 is 0 Å². The molecule has 16 heavy (non-hydrogen) atoms. The number of hydrogen-bond acceptors (Lipinski definition) is 3. The van der Waals surface area contributed by atoms with E-state index >= 15 is 0 Å². The maximum absolute atomic E-state index is 11.7. The Hall–Kier alpha value is -0.610. The molecule has 4 nitrogen and oxygen atoms in total. The lowest BCUT2D eigenvalue weighted by Crippen LogP contribution is -2.52. The quantitative estimate of drug-likeness (QED) is 0.680. The molecule has 0 fully saturated rings. The van der Waals surface area contributed by atoms with Gasteiger partial charge < -0.3 is 15.5 Å². The topological polar surface area (TPSA) is 44.4 Å². The van der Waals surface area contributed by atoms with Crippen molar-refractivity contribution in [1.82, 2.24) is 15.5 Å². The first kappa shape index (κ1) is 15.4. The van der Waals surface area contributed by atoms with Gasteiger partial charge in [-0.3, -0.25) is 4.79 Å². The summed E-state index contributed by atoms with van der Waals surface area (Å²) in [5.74, 6) is 0.0487. The highest BCUT2D eigenvalue weighted by atomic mass is 16.2. The van der Waals surface area contributed by atoms with E-state index in [2.05, 4.69) is 36.4 Å². The van der Waals surface area contributed by atoms with Gasteiger partial charge in [0.2, 0.25) is 5.91 Å². The van der Waals surface area contributed by atoms with Crippen molar-refractivity contribution in [2.24, 2.45) is 0 Å². The summed E-state index contributed by atoms with van der Waals surface area (Å²) in [5, 5.41) is 5.93. The van der Waals surface area contributed by atoms with Crippen LogP contribution in [0, 0.1) is 0 Å². The van der Waals surface area contributed by atoms with Crippen LogP contribution in [0.25, 0.3) is 0 Å². The van der Waals surface area contributed by atoms with Crippen molar-refractivity contribution in [3.8, 4) is 0 Å². The second-order valence-electron chi connectivity index (χ2n) is 4.87. The zero-order valence-electron chi connectivity index (χ0n) is 11.6. The Morgan fingerprint density at radius 3 is 2.44 bits per heavy atom. The van der Waals surface area contributed by atoms with E-state index < -0.39 is 5.54 Å². The number of rotatable bonds is 7. The van der Waals surface area contributed by atoms with Crippen LogP contribution in [-0.2, 0) is 4.79 Å². The third-order valence-electron chi connectivity index (χ3n) is 3.29. The van der Waals surface area contributed by atoms with E-state index in [1.54, 1.807) is 7.05 Å². The highest BCUT2D eigenvalue weighted by Gasteiger charge is 2.24. The van der Waals surface area contributed by atoms with Crippen molar-refractivity contribution in [2.45, 2.75) is 45.7 Å². The number of hydrogen-bond donors (Lipinski definition) is 2. The van der Waals surface area contributed by atoms with Crippen LogP contribution in [-0.4, -0.2) is 49.6 Å². The molecule has 0 spiro atoms. The van der Waals surface area contributed by atoms with Gasteiger partial charge in [-0.25, -0.2) is 0 Å². The SMILES string of the molecule is CCC(C)N(C)CCNC(=O)C(C)(C)NC. The summed E-state index contributed by atoms with van der Waals surface area (Å²) in [6.45, 7) is 9.70. The van der Waals surface area contributed by atoms with Crippen LogP contribution in [0.15, 0.2) is 0 Å². The first-order valence-electron chi connectivity index (χ1n) is 6.02. The Bertz CT molecular complexity index is 216. The van der Waals surface area contributed by atoms with Gasteiger partial charge in [0, 0.05) is 19.1 Å². The summed E-state index contributed by atoms with van der Waals surface area (Å²) in [4.78, 5) is 14.0. The highest BCUT2D eigenvalue weighted by molar-refractivity contribution is 5.85. The second kappa shape index (κ2) is 6.86. The minimum Gasteiger partial charge on any atom is -0.353 e. The fraction of sp³-hybridized carbons (Fsp3) is 0.917. The van der Waals surface area contributed by atoms with E-state index in [1.165, 1.54) is 0 Å². The lowest BCUT2D eigenvalue weighted by atomic mass is 10.1.